The molecule has 3 rings (SSSR count). The molecular formula is C15H12FN3O2. The molecule has 0 atom stereocenters. The van der Waals surface area contributed by atoms with Gasteiger partial charge in [-0.25, -0.2) is 4.98 Å². The Bertz CT molecular complexity index is 842. The number of aromatic nitrogens is 2. The Morgan fingerprint density at radius 1 is 1.29 bits per heavy atom. The van der Waals surface area contributed by atoms with Crippen LogP contribution in [0.4, 0.5) is 10.1 Å². The molecule has 1 aromatic heterocycles. The van der Waals surface area contributed by atoms with Crippen LogP contribution in [-0.2, 0) is 6.54 Å². The predicted molar refractivity (Wildman–Crippen MR) is 76.6 cm³/mol. The maximum Gasteiger partial charge on any atom is 0.304 e. The summed E-state index contributed by atoms with van der Waals surface area (Å²) in [4.78, 5) is 14.3. The minimum atomic E-state index is -0.820. The molecule has 1 heterocycles. The van der Waals surface area contributed by atoms with E-state index in [9.17, 15) is 14.5 Å². The molecule has 0 unspecified atom stereocenters. The Balaban J connectivity index is 2.01. The zero-order valence-corrected chi connectivity index (χ0v) is 11.3. The second kappa shape index (κ2) is 4.97. The number of fused-ring (bicyclic) bond motifs is 1. The number of benzene rings is 2. The number of hydrogen-bond donors (Lipinski definition) is 0. The van der Waals surface area contributed by atoms with Crippen molar-refractivity contribution in [2.75, 3.05) is 0 Å². The summed E-state index contributed by atoms with van der Waals surface area (Å²) in [6, 6.07) is 11.6. The first-order chi connectivity index (χ1) is 10.1. The van der Waals surface area contributed by atoms with Gasteiger partial charge in [0, 0.05) is 12.6 Å². The zero-order valence-electron chi connectivity index (χ0n) is 11.3. The van der Waals surface area contributed by atoms with Gasteiger partial charge in [-0.05, 0) is 30.7 Å². The van der Waals surface area contributed by atoms with Crippen LogP contribution < -0.4 is 0 Å². The molecule has 0 N–H and O–H groups in total. The summed E-state index contributed by atoms with van der Waals surface area (Å²) in [5, 5.41) is 10.6. The molecule has 21 heavy (non-hydrogen) atoms. The zero-order chi connectivity index (χ0) is 15.0. The van der Waals surface area contributed by atoms with E-state index in [-0.39, 0.29) is 0 Å². The van der Waals surface area contributed by atoms with Gasteiger partial charge in [0.1, 0.15) is 5.82 Å². The Kier molecular flexibility index (Phi) is 3.13. The van der Waals surface area contributed by atoms with Crippen molar-refractivity contribution in [3.05, 3.63) is 69.8 Å². The first-order valence-electron chi connectivity index (χ1n) is 6.41. The van der Waals surface area contributed by atoms with E-state index in [4.69, 9.17) is 0 Å². The fraction of sp³-hybridized carbons (Fsp3) is 0.133. The summed E-state index contributed by atoms with van der Waals surface area (Å²) < 4.78 is 15.6. The number of halogens is 1. The van der Waals surface area contributed by atoms with Crippen LogP contribution in [-0.4, -0.2) is 14.5 Å². The SMILES string of the molecule is Cc1nc2ccccc2n1Cc1ccc([N+](=O)[O-])c(F)c1. The highest BCUT2D eigenvalue weighted by atomic mass is 19.1. The van der Waals surface area contributed by atoms with Gasteiger partial charge in [0.2, 0.25) is 5.82 Å². The highest BCUT2D eigenvalue weighted by molar-refractivity contribution is 5.75. The first kappa shape index (κ1) is 13.2. The van der Waals surface area contributed by atoms with Gasteiger partial charge in [0.25, 0.3) is 0 Å². The van der Waals surface area contributed by atoms with E-state index in [1.165, 1.54) is 12.1 Å². The van der Waals surface area contributed by atoms with Crippen molar-refractivity contribution in [1.82, 2.24) is 9.55 Å². The summed E-state index contributed by atoms with van der Waals surface area (Å²) in [7, 11) is 0. The lowest BCUT2D eigenvalue weighted by Crippen LogP contribution is -2.03. The average Bonchev–Trinajstić information content (AvgIpc) is 2.75. The first-order valence-corrected chi connectivity index (χ1v) is 6.41. The van der Waals surface area contributed by atoms with Crippen LogP contribution in [0, 0.1) is 22.9 Å². The lowest BCUT2D eigenvalue weighted by molar-refractivity contribution is -0.387. The molecule has 6 heteroatoms. The molecule has 0 radical (unpaired) electrons. The Labute approximate surface area is 119 Å². The summed E-state index contributed by atoms with van der Waals surface area (Å²) >= 11 is 0. The summed E-state index contributed by atoms with van der Waals surface area (Å²) in [5.74, 6) is -0.00506. The van der Waals surface area contributed by atoms with Crippen LogP contribution in [0.25, 0.3) is 11.0 Å². The maximum absolute atomic E-state index is 13.7. The molecule has 0 aliphatic heterocycles. The van der Waals surface area contributed by atoms with Crippen molar-refractivity contribution in [3.8, 4) is 0 Å². The molecular weight excluding hydrogens is 273 g/mol. The molecule has 0 aliphatic rings. The number of aryl methyl sites for hydroxylation is 1. The fourth-order valence-electron chi connectivity index (χ4n) is 2.37. The summed E-state index contributed by atoms with van der Waals surface area (Å²) in [5.41, 5.74) is 1.97. The van der Waals surface area contributed by atoms with E-state index in [1.54, 1.807) is 6.07 Å². The van der Waals surface area contributed by atoms with Crippen LogP contribution >= 0.6 is 0 Å². The smallest absolute Gasteiger partial charge is 0.304 e. The molecule has 2 aromatic carbocycles. The van der Waals surface area contributed by atoms with Crippen LogP contribution in [0.15, 0.2) is 42.5 Å². The van der Waals surface area contributed by atoms with E-state index in [1.807, 2.05) is 35.8 Å². The molecule has 0 saturated carbocycles. The molecule has 5 nitrogen and oxygen atoms in total. The Hall–Kier alpha value is -2.76. The third-order valence-electron chi connectivity index (χ3n) is 3.39. The van der Waals surface area contributed by atoms with Gasteiger partial charge in [0.15, 0.2) is 0 Å². The normalized spacial score (nSPS) is 11.0. The monoisotopic (exact) mass is 285 g/mol. The number of para-hydroxylation sites is 2. The molecule has 0 saturated heterocycles. The van der Waals surface area contributed by atoms with Crippen LogP contribution in [0.5, 0.6) is 0 Å². The minimum Gasteiger partial charge on any atom is -0.324 e. The third kappa shape index (κ3) is 2.35. The van der Waals surface area contributed by atoms with Crippen LogP contribution in [0.2, 0.25) is 0 Å². The highest BCUT2D eigenvalue weighted by Gasteiger charge is 2.15. The largest absolute Gasteiger partial charge is 0.324 e. The predicted octanol–water partition coefficient (Wildman–Crippen LogP) is 3.44. The highest BCUT2D eigenvalue weighted by Crippen LogP contribution is 2.21. The Morgan fingerprint density at radius 2 is 2.05 bits per heavy atom. The van der Waals surface area contributed by atoms with Crippen LogP contribution in [0.3, 0.4) is 0 Å². The second-order valence-electron chi connectivity index (χ2n) is 4.78. The summed E-state index contributed by atoms with van der Waals surface area (Å²) in [6.45, 7) is 2.29. The van der Waals surface area contributed by atoms with Gasteiger partial charge in [-0.15, -0.1) is 0 Å². The van der Waals surface area contributed by atoms with Crippen molar-refractivity contribution in [2.24, 2.45) is 0 Å². The van der Waals surface area contributed by atoms with Gasteiger partial charge in [-0.1, -0.05) is 18.2 Å². The average molecular weight is 285 g/mol. The van der Waals surface area contributed by atoms with Gasteiger partial charge in [0.05, 0.1) is 16.0 Å². The standard InChI is InChI=1S/C15H12FN3O2/c1-10-17-13-4-2-3-5-15(13)18(10)9-11-6-7-14(19(20)21)12(16)8-11/h2-8H,9H2,1H3. The van der Waals surface area contributed by atoms with E-state index in [0.29, 0.717) is 12.1 Å². The van der Waals surface area contributed by atoms with Crippen molar-refractivity contribution in [3.63, 3.8) is 0 Å². The van der Waals surface area contributed by atoms with Crippen molar-refractivity contribution in [1.29, 1.82) is 0 Å². The molecule has 0 aliphatic carbocycles. The third-order valence-corrected chi connectivity index (χ3v) is 3.39. The lowest BCUT2D eigenvalue weighted by atomic mass is 10.2. The van der Waals surface area contributed by atoms with Gasteiger partial charge in [-0.2, -0.15) is 4.39 Å². The van der Waals surface area contributed by atoms with E-state index < -0.39 is 16.4 Å². The van der Waals surface area contributed by atoms with Crippen LogP contribution in [0.1, 0.15) is 11.4 Å². The molecule has 0 fully saturated rings. The molecule has 3 aromatic rings. The quantitative estimate of drug-likeness (QED) is 0.547. The number of imidazole rings is 1. The molecule has 106 valence electrons. The Morgan fingerprint density at radius 3 is 2.76 bits per heavy atom. The number of hydrogen-bond acceptors (Lipinski definition) is 3. The summed E-state index contributed by atoms with van der Waals surface area (Å²) in [6.07, 6.45) is 0. The molecule has 0 spiro atoms. The number of rotatable bonds is 3. The van der Waals surface area contributed by atoms with Gasteiger partial charge in [-0.3, -0.25) is 10.1 Å². The van der Waals surface area contributed by atoms with Gasteiger partial charge >= 0.3 is 5.69 Å². The fourth-order valence-corrected chi connectivity index (χ4v) is 2.37. The van der Waals surface area contributed by atoms with Gasteiger partial charge < -0.3 is 4.57 Å². The minimum absolute atomic E-state index is 0.418. The van der Waals surface area contributed by atoms with E-state index in [0.717, 1.165) is 16.9 Å². The maximum atomic E-state index is 13.7. The number of nitro groups is 1. The topological polar surface area (TPSA) is 61.0 Å². The molecule has 0 amide bonds. The van der Waals surface area contributed by atoms with Crippen molar-refractivity contribution < 1.29 is 9.31 Å². The number of nitrogens with zero attached hydrogens (tertiary/aromatic N) is 3. The molecule has 0 bridgehead atoms. The van der Waals surface area contributed by atoms with E-state index >= 15 is 0 Å². The second-order valence-corrected chi connectivity index (χ2v) is 4.78. The van der Waals surface area contributed by atoms with Crippen molar-refractivity contribution >= 4 is 16.7 Å². The van der Waals surface area contributed by atoms with Crippen molar-refractivity contribution in [2.45, 2.75) is 13.5 Å². The lowest BCUT2D eigenvalue weighted by Gasteiger charge is -2.07. The number of nitro benzene ring substituents is 1. The van der Waals surface area contributed by atoms with E-state index in [2.05, 4.69) is 4.98 Å².